The highest BCUT2D eigenvalue weighted by Gasteiger charge is 2.15. The van der Waals surface area contributed by atoms with Gasteiger partial charge in [0.1, 0.15) is 0 Å². The Morgan fingerprint density at radius 2 is 2.07 bits per heavy atom. The maximum absolute atomic E-state index is 9.05. The van der Waals surface area contributed by atoms with Crippen LogP contribution in [-0.2, 0) is 4.74 Å². The van der Waals surface area contributed by atoms with E-state index in [0.29, 0.717) is 6.04 Å². The van der Waals surface area contributed by atoms with Gasteiger partial charge in [-0.1, -0.05) is 13.8 Å². The van der Waals surface area contributed by atoms with E-state index in [1.165, 1.54) is 0 Å². The molecule has 0 aliphatic carbocycles. The standard InChI is InChI=1S/C11H25NO2/c1-10(8-14-4)12-7-5-6-11(2,3)9-13/h10,12-13H,5-9H2,1-4H3. The van der Waals surface area contributed by atoms with Crippen molar-refractivity contribution in [3.8, 4) is 0 Å². The van der Waals surface area contributed by atoms with Gasteiger partial charge in [-0.3, -0.25) is 0 Å². The van der Waals surface area contributed by atoms with Crippen LogP contribution in [0.4, 0.5) is 0 Å². The minimum Gasteiger partial charge on any atom is -0.396 e. The van der Waals surface area contributed by atoms with Crippen molar-refractivity contribution in [3.63, 3.8) is 0 Å². The van der Waals surface area contributed by atoms with Crippen molar-refractivity contribution in [3.05, 3.63) is 0 Å². The molecule has 0 saturated carbocycles. The summed E-state index contributed by atoms with van der Waals surface area (Å²) in [5, 5.41) is 12.4. The lowest BCUT2D eigenvalue weighted by atomic mass is 9.89. The number of nitrogens with one attached hydrogen (secondary N) is 1. The lowest BCUT2D eigenvalue weighted by Crippen LogP contribution is -2.31. The second kappa shape index (κ2) is 7.21. The van der Waals surface area contributed by atoms with E-state index in [2.05, 4.69) is 26.1 Å². The molecule has 3 heteroatoms. The zero-order valence-corrected chi connectivity index (χ0v) is 9.97. The lowest BCUT2D eigenvalue weighted by Gasteiger charge is -2.21. The highest BCUT2D eigenvalue weighted by molar-refractivity contribution is 4.68. The van der Waals surface area contributed by atoms with Crippen molar-refractivity contribution in [2.24, 2.45) is 5.41 Å². The fraction of sp³-hybridized carbons (Fsp3) is 1.00. The van der Waals surface area contributed by atoms with Crippen molar-refractivity contribution >= 4 is 0 Å². The largest absolute Gasteiger partial charge is 0.396 e. The second-order valence-corrected chi connectivity index (χ2v) is 4.74. The molecular weight excluding hydrogens is 178 g/mol. The average molecular weight is 203 g/mol. The van der Waals surface area contributed by atoms with Crippen LogP contribution in [0.2, 0.25) is 0 Å². The normalized spacial score (nSPS) is 14.4. The van der Waals surface area contributed by atoms with Gasteiger partial charge in [0.05, 0.1) is 6.61 Å². The van der Waals surface area contributed by atoms with Gasteiger partial charge in [0.15, 0.2) is 0 Å². The molecule has 0 rings (SSSR count). The van der Waals surface area contributed by atoms with E-state index < -0.39 is 0 Å². The molecule has 0 saturated heterocycles. The third kappa shape index (κ3) is 7.30. The van der Waals surface area contributed by atoms with Crippen molar-refractivity contribution in [1.82, 2.24) is 5.32 Å². The van der Waals surface area contributed by atoms with Crippen LogP contribution in [-0.4, -0.2) is 38.0 Å². The SMILES string of the molecule is COCC(C)NCCCC(C)(C)CO. The Morgan fingerprint density at radius 3 is 2.57 bits per heavy atom. The van der Waals surface area contributed by atoms with Crippen LogP contribution < -0.4 is 5.32 Å². The molecule has 1 unspecified atom stereocenters. The molecule has 0 heterocycles. The molecule has 1 atom stereocenters. The summed E-state index contributed by atoms with van der Waals surface area (Å²) in [6.07, 6.45) is 2.15. The topological polar surface area (TPSA) is 41.5 Å². The molecule has 3 nitrogen and oxygen atoms in total. The molecule has 0 aliphatic rings. The Hall–Kier alpha value is -0.120. The van der Waals surface area contributed by atoms with E-state index in [1.54, 1.807) is 7.11 Å². The van der Waals surface area contributed by atoms with Gasteiger partial charge in [0.25, 0.3) is 0 Å². The lowest BCUT2D eigenvalue weighted by molar-refractivity contribution is 0.145. The maximum Gasteiger partial charge on any atom is 0.0613 e. The maximum atomic E-state index is 9.05. The van der Waals surface area contributed by atoms with Gasteiger partial charge in [-0.15, -0.1) is 0 Å². The summed E-state index contributed by atoms with van der Waals surface area (Å²) in [6, 6.07) is 0.414. The van der Waals surface area contributed by atoms with Crippen molar-refractivity contribution in [1.29, 1.82) is 0 Å². The molecule has 2 N–H and O–H groups in total. The van der Waals surface area contributed by atoms with Gasteiger partial charge in [-0.2, -0.15) is 0 Å². The van der Waals surface area contributed by atoms with Crippen LogP contribution in [0.25, 0.3) is 0 Å². The molecule has 0 spiro atoms. The van der Waals surface area contributed by atoms with E-state index in [-0.39, 0.29) is 12.0 Å². The Balaban J connectivity index is 3.37. The summed E-state index contributed by atoms with van der Waals surface area (Å²) in [7, 11) is 1.72. The number of methoxy groups -OCH3 is 1. The molecule has 0 fully saturated rings. The number of aliphatic hydroxyl groups is 1. The van der Waals surface area contributed by atoms with Crippen LogP contribution in [0.5, 0.6) is 0 Å². The summed E-state index contributed by atoms with van der Waals surface area (Å²) in [4.78, 5) is 0. The molecule has 0 aliphatic heterocycles. The molecule has 0 amide bonds. The molecule has 0 aromatic heterocycles. The molecule has 0 bridgehead atoms. The van der Waals surface area contributed by atoms with Crippen LogP contribution in [0, 0.1) is 5.41 Å². The molecule has 0 radical (unpaired) electrons. The van der Waals surface area contributed by atoms with E-state index in [9.17, 15) is 0 Å². The Morgan fingerprint density at radius 1 is 1.43 bits per heavy atom. The van der Waals surface area contributed by atoms with Gasteiger partial charge in [0, 0.05) is 19.8 Å². The summed E-state index contributed by atoms with van der Waals surface area (Å²) < 4.78 is 5.02. The van der Waals surface area contributed by atoms with Gasteiger partial charge < -0.3 is 15.2 Å². The molecule has 0 aromatic carbocycles. The fourth-order valence-corrected chi connectivity index (χ4v) is 1.30. The number of hydrogen-bond acceptors (Lipinski definition) is 3. The number of hydrogen-bond donors (Lipinski definition) is 2. The molecule has 14 heavy (non-hydrogen) atoms. The highest BCUT2D eigenvalue weighted by Crippen LogP contribution is 2.20. The monoisotopic (exact) mass is 203 g/mol. The van der Waals surface area contributed by atoms with Crippen molar-refractivity contribution < 1.29 is 9.84 Å². The number of ether oxygens (including phenoxy) is 1. The zero-order chi connectivity index (χ0) is 11.0. The van der Waals surface area contributed by atoms with E-state index in [4.69, 9.17) is 9.84 Å². The molecular formula is C11H25NO2. The van der Waals surface area contributed by atoms with Crippen LogP contribution >= 0.6 is 0 Å². The summed E-state index contributed by atoms with van der Waals surface area (Å²) in [5.74, 6) is 0. The predicted octanol–water partition coefficient (Wildman–Crippen LogP) is 1.41. The van der Waals surface area contributed by atoms with Gasteiger partial charge in [-0.25, -0.2) is 0 Å². The Labute approximate surface area is 87.8 Å². The minimum absolute atomic E-state index is 0.0617. The van der Waals surface area contributed by atoms with E-state index >= 15 is 0 Å². The number of aliphatic hydroxyl groups excluding tert-OH is 1. The van der Waals surface area contributed by atoms with Gasteiger partial charge in [0.2, 0.25) is 0 Å². The smallest absolute Gasteiger partial charge is 0.0613 e. The minimum atomic E-state index is 0.0617. The first-order valence-corrected chi connectivity index (χ1v) is 5.35. The summed E-state index contributed by atoms with van der Waals surface area (Å²) in [5.41, 5.74) is 0.0617. The quantitative estimate of drug-likeness (QED) is 0.586. The van der Waals surface area contributed by atoms with E-state index in [0.717, 1.165) is 26.0 Å². The Kier molecular flexibility index (Phi) is 7.15. The van der Waals surface area contributed by atoms with Gasteiger partial charge >= 0.3 is 0 Å². The Bertz CT molecular complexity index is 137. The van der Waals surface area contributed by atoms with E-state index in [1.807, 2.05) is 0 Å². The van der Waals surface area contributed by atoms with Crippen LogP contribution in [0.1, 0.15) is 33.6 Å². The highest BCUT2D eigenvalue weighted by atomic mass is 16.5. The first-order valence-electron chi connectivity index (χ1n) is 5.35. The first kappa shape index (κ1) is 13.9. The van der Waals surface area contributed by atoms with Crippen molar-refractivity contribution in [2.45, 2.75) is 39.7 Å². The fourth-order valence-electron chi connectivity index (χ4n) is 1.30. The summed E-state index contributed by atoms with van der Waals surface area (Å²) >= 11 is 0. The zero-order valence-electron chi connectivity index (χ0n) is 9.97. The first-order chi connectivity index (χ1) is 6.52. The average Bonchev–Trinajstić information content (AvgIpc) is 2.13. The molecule has 0 aromatic rings. The van der Waals surface area contributed by atoms with Crippen LogP contribution in [0.3, 0.4) is 0 Å². The second-order valence-electron chi connectivity index (χ2n) is 4.74. The van der Waals surface area contributed by atoms with Crippen LogP contribution in [0.15, 0.2) is 0 Å². The predicted molar refractivity (Wildman–Crippen MR) is 59.4 cm³/mol. The van der Waals surface area contributed by atoms with Gasteiger partial charge in [-0.05, 0) is 31.7 Å². The molecule has 86 valence electrons. The third-order valence-electron chi connectivity index (χ3n) is 2.37. The third-order valence-corrected chi connectivity index (χ3v) is 2.37. The number of rotatable bonds is 8. The summed E-state index contributed by atoms with van der Waals surface area (Å²) in [6.45, 7) is 8.30. The van der Waals surface area contributed by atoms with Crippen molar-refractivity contribution in [2.75, 3.05) is 26.9 Å².